The van der Waals surface area contributed by atoms with E-state index >= 15 is 0 Å². The number of benzene rings is 1. The molecule has 2 rings (SSSR count). The lowest BCUT2D eigenvalue weighted by Crippen LogP contribution is -2.32. The molecule has 0 spiro atoms. The minimum atomic E-state index is -0.893. The van der Waals surface area contributed by atoms with Gasteiger partial charge in [0.05, 0.1) is 5.71 Å². The maximum atomic E-state index is 11.7. The molecule has 0 amide bonds. The summed E-state index contributed by atoms with van der Waals surface area (Å²) in [7, 11) is 0. The van der Waals surface area contributed by atoms with Gasteiger partial charge in [-0.05, 0) is 38.0 Å². The lowest BCUT2D eigenvalue weighted by Gasteiger charge is -2.25. The monoisotopic (exact) mass is 313 g/mol. The van der Waals surface area contributed by atoms with E-state index in [-0.39, 0.29) is 0 Å². The predicted molar refractivity (Wildman–Crippen MR) is 91.9 cm³/mol. The first kappa shape index (κ1) is 17.0. The zero-order valence-corrected chi connectivity index (χ0v) is 13.9. The smallest absolute Gasteiger partial charge is 0.316 e. The minimum Gasteiger partial charge on any atom is -0.480 e. The van der Waals surface area contributed by atoms with Crippen molar-refractivity contribution in [2.24, 2.45) is 10.9 Å². The van der Waals surface area contributed by atoms with Crippen LogP contribution in [0.25, 0.3) is 0 Å². The van der Waals surface area contributed by atoms with Crippen molar-refractivity contribution in [2.45, 2.75) is 33.6 Å². The van der Waals surface area contributed by atoms with Gasteiger partial charge in [0.1, 0.15) is 11.7 Å². The van der Waals surface area contributed by atoms with Crippen molar-refractivity contribution < 1.29 is 14.6 Å². The Kier molecular flexibility index (Phi) is 5.74. The number of ether oxygens (including phenoxy) is 1. The summed E-state index contributed by atoms with van der Waals surface area (Å²) in [5, 5.41) is 9.61. The van der Waals surface area contributed by atoms with Gasteiger partial charge in [0.15, 0.2) is 5.76 Å². The van der Waals surface area contributed by atoms with Gasteiger partial charge in [-0.1, -0.05) is 43.2 Å². The molecule has 0 aliphatic heterocycles. The van der Waals surface area contributed by atoms with Gasteiger partial charge >= 0.3 is 5.97 Å². The number of carboxylic acids is 1. The summed E-state index contributed by atoms with van der Waals surface area (Å²) in [6, 6.07) is 9.39. The number of unbranched alkanes of at least 4 members (excludes halogenated alkanes) is 1. The molecule has 0 saturated heterocycles. The number of carboxylic acid groups (broad SMARTS) is 1. The van der Waals surface area contributed by atoms with E-state index in [1.807, 2.05) is 50.3 Å². The van der Waals surface area contributed by atoms with E-state index in [9.17, 15) is 9.90 Å². The summed E-state index contributed by atoms with van der Waals surface area (Å²) in [4.78, 5) is 16.3. The van der Waals surface area contributed by atoms with E-state index in [4.69, 9.17) is 4.74 Å². The largest absolute Gasteiger partial charge is 0.480 e. The molecule has 23 heavy (non-hydrogen) atoms. The van der Waals surface area contributed by atoms with Gasteiger partial charge in [-0.3, -0.25) is 9.79 Å². The quantitative estimate of drug-likeness (QED) is 0.799. The highest BCUT2D eigenvalue weighted by molar-refractivity contribution is 6.14. The van der Waals surface area contributed by atoms with Crippen molar-refractivity contribution >= 4 is 11.7 Å². The zero-order valence-electron chi connectivity index (χ0n) is 13.9. The molecule has 4 heteroatoms. The minimum absolute atomic E-state index is 0.521. The molecule has 0 heterocycles. The Labute approximate surface area is 137 Å². The SMILES string of the molecule is CCCCN=C1C(Oc2ccccc2)=C(C)C=C(C)C1C(=O)O. The lowest BCUT2D eigenvalue weighted by atomic mass is 9.86. The van der Waals surface area contributed by atoms with Gasteiger partial charge in [0.25, 0.3) is 0 Å². The van der Waals surface area contributed by atoms with Crippen LogP contribution in [0.5, 0.6) is 5.75 Å². The summed E-state index contributed by atoms with van der Waals surface area (Å²) < 4.78 is 5.98. The molecule has 122 valence electrons. The molecule has 1 aromatic carbocycles. The van der Waals surface area contributed by atoms with Crippen molar-refractivity contribution in [3.63, 3.8) is 0 Å². The first-order valence-corrected chi connectivity index (χ1v) is 7.94. The highest BCUT2D eigenvalue weighted by Crippen LogP contribution is 2.29. The Hall–Kier alpha value is -2.36. The van der Waals surface area contributed by atoms with Crippen LogP contribution in [0.2, 0.25) is 0 Å². The number of aliphatic carboxylic acids is 1. The third-order valence-corrected chi connectivity index (χ3v) is 3.77. The number of allylic oxidation sites excluding steroid dienone is 3. The van der Waals surface area contributed by atoms with Crippen LogP contribution in [-0.2, 0) is 4.79 Å². The van der Waals surface area contributed by atoms with E-state index < -0.39 is 11.9 Å². The maximum Gasteiger partial charge on any atom is 0.316 e. The summed E-state index contributed by atoms with van der Waals surface area (Å²) in [5.41, 5.74) is 2.21. The van der Waals surface area contributed by atoms with Crippen molar-refractivity contribution in [3.8, 4) is 5.75 Å². The molecular formula is C19H23NO3. The number of hydrogen-bond donors (Lipinski definition) is 1. The zero-order chi connectivity index (χ0) is 16.8. The number of hydrogen-bond acceptors (Lipinski definition) is 3. The molecular weight excluding hydrogens is 290 g/mol. The Morgan fingerprint density at radius 1 is 1.26 bits per heavy atom. The number of nitrogens with zero attached hydrogens (tertiary/aromatic N) is 1. The number of rotatable bonds is 6. The Morgan fingerprint density at radius 3 is 2.57 bits per heavy atom. The van der Waals surface area contributed by atoms with Crippen molar-refractivity contribution in [1.29, 1.82) is 0 Å². The summed E-state index contributed by atoms with van der Waals surface area (Å²) in [6.45, 7) is 6.45. The average molecular weight is 313 g/mol. The molecule has 1 aliphatic rings. The van der Waals surface area contributed by atoms with Crippen LogP contribution in [0.1, 0.15) is 33.6 Å². The second kappa shape index (κ2) is 7.77. The molecule has 1 aromatic rings. The van der Waals surface area contributed by atoms with Crippen LogP contribution in [0.15, 0.2) is 58.3 Å². The first-order valence-electron chi connectivity index (χ1n) is 7.94. The highest BCUT2D eigenvalue weighted by atomic mass is 16.5. The van der Waals surface area contributed by atoms with E-state index in [2.05, 4.69) is 11.9 Å². The normalized spacial score (nSPS) is 19.7. The lowest BCUT2D eigenvalue weighted by molar-refractivity contribution is -0.138. The standard InChI is InChI=1S/C19H23NO3/c1-4-5-11-20-17-16(19(21)22)13(2)12-14(3)18(17)23-15-9-7-6-8-10-15/h6-10,12,16H,4-5,11H2,1-3H3,(H,21,22). The predicted octanol–water partition coefficient (Wildman–Crippen LogP) is 4.24. The van der Waals surface area contributed by atoms with Crippen LogP contribution in [0.4, 0.5) is 0 Å². The molecule has 4 nitrogen and oxygen atoms in total. The summed E-state index contributed by atoms with van der Waals surface area (Å²) in [6.07, 6.45) is 3.81. The first-order chi connectivity index (χ1) is 11.0. The molecule has 1 unspecified atom stereocenters. The fourth-order valence-corrected chi connectivity index (χ4v) is 2.61. The molecule has 0 radical (unpaired) electrons. The third-order valence-electron chi connectivity index (χ3n) is 3.77. The molecule has 0 saturated carbocycles. The average Bonchev–Trinajstić information content (AvgIpc) is 2.51. The second-order valence-corrected chi connectivity index (χ2v) is 5.71. The second-order valence-electron chi connectivity index (χ2n) is 5.71. The molecule has 0 bridgehead atoms. The molecule has 1 N–H and O–H groups in total. The Morgan fingerprint density at radius 2 is 1.96 bits per heavy atom. The van der Waals surface area contributed by atoms with Crippen LogP contribution < -0.4 is 4.74 Å². The number of carbonyl (C=O) groups is 1. The van der Waals surface area contributed by atoms with Crippen LogP contribution in [0.3, 0.4) is 0 Å². The number of aliphatic imine (C=N–C) groups is 1. The van der Waals surface area contributed by atoms with Crippen LogP contribution in [-0.4, -0.2) is 23.3 Å². The van der Waals surface area contributed by atoms with Gasteiger partial charge in [-0.25, -0.2) is 0 Å². The van der Waals surface area contributed by atoms with Gasteiger partial charge in [0.2, 0.25) is 0 Å². The van der Waals surface area contributed by atoms with Crippen molar-refractivity contribution in [1.82, 2.24) is 0 Å². The van der Waals surface area contributed by atoms with Crippen LogP contribution in [0, 0.1) is 5.92 Å². The third kappa shape index (κ3) is 4.09. The van der Waals surface area contributed by atoms with E-state index in [0.29, 0.717) is 23.8 Å². The highest BCUT2D eigenvalue weighted by Gasteiger charge is 2.33. The fourth-order valence-electron chi connectivity index (χ4n) is 2.61. The number of para-hydroxylation sites is 1. The van der Waals surface area contributed by atoms with Crippen molar-refractivity contribution in [2.75, 3.05) is 6.54 Å². The Balaban J connectivity index is 2.42. The van der Waals surface area contributed by atoms with Gasteiger partial charge in [-0.15, -0.1) is 0 Å². The van der Waals surface area contributed by atoms with Gasteiger partial charge in [0, 0.05) is 6.54 Å². The van der Waals surface area contributed by atoms with E-state index in [0.717, 1.165) is 24.0 Å². The van der Waals surface area contributed by atoms with Crippen molar-refractivity contribution in [3.05, 3.63) is 53.3 Å². The topological polar surface area (TPSA) is 58.9 Å². The molecule has 0 aromatic heterocycles. The molecule has 1 aliphatic carbocycles. The fraction of sp³-hybridized carbons (Fsp3) is 0.368. The summed E-state index contributed by atoms with van der Waals surface area (Å²) in [5.74, 6) is -0.391. The van der Waals surface area contributed by atoms with Gasteiger partial charge < -0.3 is 9.84 Å². The van der Waals surface area contributed by atoms with E-state index in [1.165, 1.54) is 0 Å². The molecule has 0 fully saturated rings. The molecule has 1 atom stereocenters. The summed E-state index contributed by atoms with van der Waals surface area (Å²) >= 11 is 0. The Bertz CT molecular complexity index is 656. The maximum absolute atomic E-state index is 11.7. The van der Waals surface area contributed by atoms with Gasteiger partial charge in [-0.2, -0.15) is 0 Å². The van der Waals surface area contributed by atoms with Crippen LogP contribution >= 0.6 is 0 Å². The van der Waals surface area contributed by atoms with E-state index in [1.54, 1.807) is 0 Å².